The third kappa shape index (κ3) is 2.45. The second-order valence-electron chi connectivity index (χ2n) is 5.24. The Morgan fingerprint density at radius 2 is 2.18 bits per heavy atom. The molecule has 1 N–H and O–H groups in total. The Morgan fingerprint density at radius 3 is 3.06 bits per heavy atom. The number of rotatable bonds is 2. The second-order valence-corrected chi connectivity index (χ2v) is 5.24. The van der Waals surface area contributed by atoms with Crippen molar-refractivity contribution in [2.24, 2.45) is 0 Å². The lowest BCUT2D eigenvalue weighted by Crippen LogP contribution is -2.49. The van der Waals surface area contributed by atoms with Crippen molar-refractivity contribution in [3.8, 4) is 5.75 Å². The summed E-state index contributed by atoms with van der Waals surface area (Å²) in [4.78, 5) is 5.14. The van der Waals surface area contributed by atoms with Crippen molar-refractivity contribution in [1.82, 2.24) is 9.80 Å². The monoisotopic (exact) mass is 232 g/mol. The maximum absolute atomic E-state index is 9.47. The van der Waals surface area contributed by atoms with Gasteiger partial charge >= 0.3 is 0 Å². The molecule has 92 valence electrons. The molecule has 17 heavy (non-hydrogen) atoms. The molecular weight excluding hydrogens is 212 g/mol. The number of hydrogen-bond donors (Lipinski definition) is 1. The number of hydrogen-bond acceptors (Lipinski definition) is 3. The van der Waals surface area contributed by atoms with Crippen LogP contribution in [0.5, 0.6) is 5.75 Å². The van der Waals surface area contributed by atoms with Crippen molar-refractivity contribution in [2.75, 3.05) is 26.2 Å². The van der Waals surface area contributed by atoms with E-state index >= 15 is 0 Å². The average molecular weight is 232 g/mol. The molecule has 0 radical (unpaired) electrons. The molecule has 2 heterocycles. The summed E-state index contributed by atoms with van der Waals surface area (Å²) >= 11 is 0. The van der Waals surface area contributed by atoms with Crippen LogP contribution in [0.4, 0.5) is 0 Å². The first kappa shape index (κ1) is 11.1. The summed E-state index contributed by atoms with van der Waals surface area (Å²) in [5.74, 6) is 0.377. The highest BCUT2D eigenvalue weighted by Crippen LogP contribution is 2.23. The van der Waals surface area contributed by atoms with E-state index in [1.807, 2.05) is 12.1 Å². The first-order valence-electron chi connectivity index (χ1n) is 6.55. The van der Waals surface area contributed by atoms with Crippen LogP contribution in [0.3, 0.4) is 0 Å². The molecule has 0 saturated carbocycles. The van der Waals surface area contributed by atoms with Crippen LogP contribution in [0.2, 0.25) is 0 Å². The molecule has 3 nitrogen and oxygen atoms in total. The lowest BCUT2D eigenvalue weighted by Gasteiger charge is -2.37. The fourth-order valence-electron chi connectivity index (χ4n) is 3.11. The molecule has 0 spiro atoms. The predicted octanol–water partition coefficient (Wildman–Crippen LogP) is 1.67. The Hall–Kier alpha value is -1.06. The lowest BCUT2D eigenvalue weighted by atomic mass is 10.1. The lowest BCUT2D eigenvalue weighted by molar-refractivity contribution is 0.0993. The van der Waals surface area contributed by atoms with Gasteiger partial charge in [0.25, 0.3) is 0 Å². The Bertz CT molecular complexity index is 394. The Morgan fingerprint density at radius 1 is 1.24 bits per heavy atom. The van der Waals surface area contributed by atoms with Gasteiger partial charge in [-0.25, -0.2) is 0 Å². The summed E-state index contributed by atoms with van der Waals surface area (Å²) < 4.78 is 0. The molecule has 0 amide bonds. The zero-order valence-corrected chi connectivity index (χ0v) is 10.2. The smallest absolute Gasteiger partial charge is 0.115 e. The normalized spacial score (nSPS) is 26.0. The number of nitrogens with zero attached hydrogens (tertiary/aromatic N) is 2. The molecule has 2 saturated heterocycles. The van der Waals surface area contributed by atoms with Crippen molar-refractivity contribution in [3.63, 3.8) is 0 Å². The minimum absolute atomic E-state index is 0.377. The number of phenolic OH excluding ortho intramolecular Hbond substituents is 1. The van der Waals surface area contributed by atoms with Gasteiger partial charge in [0, 0.05) is 32.2 Å². The van der Waals surface area contributed by atoms with Crippen LogP contribution in [0, 0.1) is 0 Å². The van der Waals surface area contributed by atoms with Gasteiger partial charge in [-0.2, -0.15) is 0 Å². The van der Waals surface area contributed by atoms with Crippen LogP contribution < -0.4 is 0 Å². The number of aromatic hydroxyl groups is 1. The summed E-state index contributed by atoms with van der Waals surface area (Å²) in [6.07, 6.45) is 2.72. The van der Waals surface area contributed by atoms with E-state index in [2.05, 4.69) is 15.9 Å². The highest BCUT2D eigenvalue weighted by atomic mass is 16.3. The highest BCUT2D eigenvalue weighted by molar-refractivity contribution is 5.27. The zero-order valence-electron chi connectivity index (χ0n) is 10.2. The summed E-state index contributed by atoms with van der Waals surface area (Å²) in [7, 11) is 0. The SMILES string of the molecule is Oc1cccc(CN2CCN3CCCC3C2)c1. The predicted molar refractivity (Wildman–Crippen MR) is 68.0 cm³/mol. The molecule has 1 aromatic carbocycles. The standard InChI is InChI=1S/C14H20N2O/c17-14-5-1-3-12(9-14)10-15-7-8-16-6-2-4-13(16)11-15/h1,3,5,9,13,17H,2,4,6-8,10-11H2. The number of benzene rings is 1. The van der Waals surface area contributed by atoms with E-state index in [1.54, 1.807) is 6.07 Å². The van der Waals surface area contributed by atoms with Crippen molar-refractivity contribution in [2.45, 2.75) is 25.4 Å². The molecule has 1 unspecified atom stereocenters. The molecule has 1 atom stereocenters. The molecule has 0 aliphatic carbocycles. The van der Waals surface area contributed by atoms with Crippen LogP contribution in [0.15, 0.2) is 24.3 Å². The molecule has 3 heteroatoms. The minimum atomic E-state index is 0.377. The van der Waals surface area contributed by atoms with Gasteiger partial charge in [0.05, 0.1) is 0 Å². The summed E-state index contributed by atoms with van der Waals surface area (Å²) in [5.41, 5.74) is 1.22. The fourth-order valence-corrected chi connectivity index (χ4v) is 3.11. The molecule has 3 rings (SSSR count). The maximum Gasteiger partial charge on any atom is 0.115 e. The average Bonchev–Trinajstić information content (AvgIpc) is 2.76. The third-order valence-corrected chi connectivity index (χ3v) is 3.99. The van der Waals surface area contributed by atoms with E-state index in [0.717, 1.165) is 19.1 Å². The Kier molecular flexibility index (Phi) is 3.04. The second kappa shape index (κ2) is 4.67. The summed E-state index contributed by atoms with van der Waals surface area (Å²) in [6, 6.07) is 8.41. The number of phenols is 1. The van der Waals surface area contributed by atoms with Gasteiger partial charge in [-0.3, -0.25) is 9.80 Å². The molecular formula is C14H20N2O. The van der Waals surface area contributed by atoms with Gasteiger partial charge in [-0.15, -0.1) is 0 Å². The maximum atomic E-state index is 9.47. The van der Waals surface area contributed by atoms with E-state index in [1.165, 1.54) is 38.0 Å². The van der Waals surface area contributed by atoms with Crippen LogP contribution in [0.25, 0.3) is 0 Å². The first-order valence-corrected chi connectivity index (χ1v) is 6.55. The first-order chi connectivity index (χ1) is 8.31. The number of fused-ring (bicyclic) bond motifs is 1. The highest BCUT2D eigenvalue weighted by Gasteiger charge is 2.30. The third-order valence-electron chi connectivity index (χ3n) is 3.99. The van der Waals surface area contributed by atoms with Gasteiger partial charge < -0.3 is 5.11 Å². The summed E-state index contributed by atoms with van der Waals surface area (Å²) in [5, 5.41) is 9.47. The van der Waals surface area contributed by atoms with E-state index in [-0.39, 0.29) is 0 Å². The molecule has 2 aliphatic rings. The van der Waals surface area contributed by atoms with Crippen molar-refractivity contribution in [3.05, 3.63) is 29.8 Å². The molecule has 0 aromatic heterocycles. The van der Waals surface area contributed by atoms with Gasteiger partial charge in [-0.05, 0) is 37.1 Å². The van der Waals surface area contributed by atoms with Crippen molar-refractivity contribution >= 4 is 0 Å². The van der Waals surface area contributed by atoms with E-state index in [0.29, 0.717) is 5.75 Å². The largest absolute Gasteiger partial charge is 0.508 e. The van der Waals surface area contributed by atoms with Crippen LogP contribution in [0.1, 0.15) is 18.4 Å². The Labute approximate surface area is 103 Å². The van der Waals surface area contributed by atoms with Crippen LogP contribution >= 0.6 is 0 Å². The van der Waals surface area contributed by atoms with Gasteiger partial charge in [0.2, 0.25) is 0 Å². The quantitative estimate of drug-likeness (QED) is 0.840. The minimum Gasteiger partial charge on any atom is -0.508 e. The van der Waals surface area contributed by atoms with Crippen LogP contribution in [-0.2, 0) is 6.54 Å². The van der Waals surface area contributed by atoms with Crippen molar-refractivity contribution < 1.29 is 5.11 Å². The molecule has 2 aliphatic heterocycles. The summed E-state index contributed by atoms with van der Waals surface area (Å²) in [6.45, 7) is 5.83. The molecule has 1 aromatic rings. The molecule has 0 bridgehead atoms. The molecule has 2 fully saturated rings. The van der Waals surface area contributed by atoms with E-state index in [4.69, 9.17) is 0 Å². The zero-order chi connectivity index (χ0) is 11.7. The van der Waals surface area contributed by atoms with Gasteiger partial charge in [0.1, 0.15) is 5.75 Å². The van der Waals surface area contributed by atoms with E-state index in [9.17, 15) is 5.11 Å². The van der Waals surface area contributed by atoms with Gasteiger partial charge in [-0.1, -0.05) is 12.1 Å². The fraction of sp³-hybridized carbons (Fsp3) is 0.571. The van der Waals surface area contributed by atoms with Crippen molar-refractivity contribution in [1.29, 1.82) is 0 Å². The topological polar surface area (TPSA) is 26.7 Å². The van der Waals surface area contributed by atoms with Gasteiger partial charge in [0.15, 0.2) is 0 Å². The van der Waals surface area contributed by atoms with Crippen LogP contribution in [-0.4, -0.2) is 47.1 Å². The Balaban J connectivity index is 1.62. The number of piperazine rings is 1. The van der Waals surface area contributed by atoms with E-state index < -0.39 is 0 Å².